The summed E-state index contributed by atoms with van der Waals surface area (Å²) >= 11 is 0. The Morgan fingerprint density at radius 2 is 1.88 bits per heavy atom. The van der Waals surface area contributed by atoms with Gasteiger partial charge in [0.1, 0.15) is 0 Å². The molecule has 2 atom stereocenters. The van der Waals surface area contributed by atoms with E-state index >= 15 is 0 Å². The molecule has 1 N–H and O–H groups in total. The maximum atomic E-state index is 12.6. The molecular formula is C20H26N2O3. The number of nitrogens with one attached hydrogen (secondary N) is 1. The third-order valence-corrected chi connectivity index (χ3v) is 5.40. The Hall–Kier alpha value is -2.17. The second kappa shape index (κ2) is 7.38. The number of nitrogens with zero attached hydrogens (tertiary/aromatic N) is 1. The van der Waals surface area contributed by atoms with Gasteiger partial charge in [0.25, 0.3) is 17.7 Å². The van der Waals surface area contributed by atoms with Crippen LogP contribution in [0.5, 0.6) is 0 Å². The summed E-state index contributed by atoms with van der Waals surface area (Å²) in [5.74, 6) is -0.218. The average molecular weight is 342 g/mol. The van der Waals surface area contributed by atoms with Crippen LogP contribution >= 0.6 is 0 Å². The summed E-state index contributed by atoms with van der Waals surface area (Å²) in [7, 11) is 0. The lowest BCUT2D eigenvalue weighted by atomic mass is 9.86. The minimum Gasteiger partial charge on any atom is -0.349 e. The van der Waals surface area contributed by atoms with Crippen LogP contribution < -0.4 is 5.32 Å². The molecule has 0 saturated heterocycles. The predicted molar refractivity (Wildman–Crippen MR) is 95.6 cm³/mol. The second-order valence-electron chi connectivity index (χ2n) is 7.22. The van der Waals surface area contributed by atoms with Crippen LogP contribution in [0.4, 0.5) is 0 Å². The Balaban J connectivity index is 1.76. The minimum atomic E-state index is -0.283. The molecule has 1 heterocycles. The van der Waals surface area contributed by atoms with Gasteiger partial charge in [0.05, 0.1) is 11.1 Å². The molecule has 1 aliphatic heterocycles. The molecular weight excluding hydrogens is 316 g/mol. The van der Waals surface area contributed by atoms with Gasteiger partial charge in [0.2, 0.25) is 0 Å². The molecule has 5 heteroatoms. The molecule has 1 fully saturated rings. The smallest absolute Gasteiger partial charge is 0.261 e. The van der Waals surface area contributed by atoms with E-state index in [1.807, 2.05) is 6.92 Å². The molecule has 1 aromatic rings. The highest BCUT2D eigenvalue weighted by atomic mass is 16.2. The number of unbranched alkanes of at least 4 members (excludes halogenated alkanes) is 1. The van der Waals surface area contributed by atoms with Crippen LogP contribution in [0.1, 0.15) is 83.4 Å². The summed E-state index contributed by atoms with van der Waals surface area (Å²) < 4.78 is 0. The summed E-state index contributed by atoms with van der Waals surface area (Å²) in [5.41, 5.74) is 1.21. The van der Waals surface area contributed by atoms with E-state index in [0.29, 0.717) is 29.2 Å². The number of hydrogen-bond donors (Lipinski definition) is 1. The Labute approximate surface area is 148 Å². The van der Waals surface area contributed by atoms with Crippen molar-refractivity contribution in [2.24, 2.45) is 5.92 Å². The normalized spacial score (nSPS) is 22.9. The van der Waals surface area contributed by atoms with Gasteiger partial charge in [-0.1, -0.05) is 33.1 Å². The average Bonchev–Trinajstić information content (AvgIpc) is 2.85. The highest BCUT2D eigenvalue weighted by molar-refractivity contribution is 6.22. The number of fused-ring (bicyclic) bond motifs is 1. The molecule has 134 valence electrons. The number of carbonyl (C=O) groups is 3. The highest BCUT2D eigenvalue weighted by Crippen LogP contribution is 2.26. The van der Waals surface area contributed by atoms with Crippen LogP contribution in [0.3, 0.4) is 0 Å². The van der Waals surface area contributed by atoms with Gasteiger partial charge < -0.3 is 5.32 Å². The Kier molecular flexibility index (Phi) is 5.21. The fourth-order valence-corrected chi connectivity index (χ4v) is 3.73. The second-order valence-corrected chi connectivity index (χ2v) is 7.22. The maximum absolute atomic E-state index is 12.6. The zero-order chi connectivity index (χ0) is 18.0. The number of benzene rings is 1. The fourth-order valence-electron chi connectivity index (χ4n) is 3.73. The van der Waals surface area contributed by atoms with Crippen molar-refractivity contribution in [3.05, 3.63) is 34.9 Å². The van der Waals surface area contributed by atoms with Crippen molar-refractivity contribution in [3.8, 4) is 0 Å². The van der Waals surface area contributed by atoms with Gasteiger partial charge in [-0.2, -0.15) is 0 Å². The molecule has 1 saturated carbocycles. The van der Waals surface area contributed by atoms with Crippen molar-refractivity contribution in [3.63, 3.8) is 0 Å². The van der Waals surface area contributed by atoms with E-state index in [-0.39, 0.29) is 23.8 Å². The molecule has 0 aromatic heterocycles. The first-order chi connectivity index (χ1) is 12.0. The van der Waals surface area contributed by atoms with Crippen LogP contribution in [-0.4, -0.2) is 35.2 Å². The van der Waals surface area contributed by atoms with E-state index in [4.69, 9.17) is 0 Å². The lowest BCUT2D eigenvalue weighted by molar-refractivity contribution is 0.0652. The quantitative estimate of drug-likeness (QED) is 0.834. The van der Waals surface area contributed by atoms with Gasteiger partial charge in [-0.3, -0.25) is 19.3 Å². The standard InChI is InChI=1S/C20H26N2O3/c1-3-4-11-22-19(24)15-10-9-14(12-16(15)20(22)25)18(23)21-17-8-6-5-7-13(17)2/h9-10,12-13,17H,3-8,11H2,1-2H3,(H,21,23). The van der Waals surface area contributed by atoms with Crippen molar-refractivity contribution >= 4 is 17.7 Å². The highest BCUT2D eigenvalue weighted by Gasteiger charge is 2.35. The zero-order valence-electron chi connectivity index (χ0n) is 15.0. The van der Waals surface area contributed by atoms with E-state index in [1.165, 1.54) is 11.3 Å². The SMILES string of the molecule is CCCCN1C(=O)c2ccc(C(=O)NC3CCCCC3C)cc2C1=O. The summed E-state index contributed by atoms with van der Waals surface area (Å²) in [6.07, 6.45) is 6.20. The topological polar surface area (TPSA) is 66.5 Å². The number of rotatable bonds is 5. The first kappa shape index (κ1) is 17.6. The summed E-state index contributed by atoms with van der Waals surface area (Å²) in [6, 6.07) is 5.02. The molecule has 0 bridgehead atoms. The molecule has 1 aliphatic carbocycles. The van der Waals surface area contributed by atoms with Crippen molar-refractivity contribution in [1.82, 2.24) is 10.2 Å². The van der Waals surface area contributed by atoms with Gasteiger partial charge in [-0.25, -0.2) is 0 Å². The molecule has 1 aromatic carbocycles. The first-order valence-corrected chi connectivity index (χ1v) is 9.34. The summed E-state index contributed by atoms with van der Waals surface area (Å²) in [6.45, 7) is 4.62. The molecule has 25 heavy (non-hydrogen) atoms. The molecule has 0 spiro atoms. The van der Waals surface area contributed by atoms with Crippen molar-refractivity contribution in [2.75, 3.05) is 6.54 Å². The third kappa shape index (κ3) is 3.46. The zero-order valence-corrected chi connectivity index (χ0v) is 15.0. The lowest BCUT2D eigenvalue weighted by Crippen LogP contribution is -2.41. The van der Waals surface area contributed by atoms with Crippen molar-refractivity contribution in [2.45, 2.75) is 58.4 Å². The lowest BCUT2D eigenvalue weighted by Gasteiger charge is -2.29. The predicted octanol–water partition coefficient (Wildman–Crippen LogP) is 3.39. The van der Waals surface area contributed by atoms with E-state index in [1.54, 1.807) is 18.2 Å². The van der Waals surface area contributed by atoms with E-state index in [2.05, 4.69) is 12.2 Å². The summed E-state index contributed by atoms with van der Waals surface area (Å²) in [4.78, 5) is 38.7. The van der Waals surface area contributed by atoms with E-state index in [0.717, 1.165) is 32.1 Å². The molecule has 0 radical (unpaired) electrons. The number of imide groups is 1. The van der Waals surface area contributed by atoms with Gasteiger partial charge in [-0.05, 0) is 43.4 Å². The Bertz CT molecular complexity index is 698. The van der Waals surface area contributed by atoms with Crippen LogP contribution in [0.25, 0.3) is 0 Å². The monoisotopic (exact) mass is 342 g/mol. The van der Waals surface area contributed by atoms with Crippen LogP contribution in [0.2, 0.25) is 0 Å². The largest absolute Gasteiger partial charge is 0.349 e. The van der Waals surface area contributed by atoms with Gasteiger partial charge in [0.15, 0.2) is 0 Å². The summed E-state index contributed by atoms with van der Waals surface area (Å²) in [5, 5.41) is 3.10. The first-order valence-electron chi connectivity index (χ1n) is 9.34. The molecule has 3 rings (SSSR count). The third-order valence-electron chi connectivity index (χ3n) is 5.40. The van der Waals surface area contributed by atoms with E-state index in [9.17, 15) is 14.4 Å². The van der Waals surface area contributed by atoms with Gasteiger partial charge in [0, 0.05) is 18.2 Å². The van der Waals surface area contributed by atoms with Crippen LogP contribution in [0, 0.1) is 5.92 Å². The van der Waals surface area contributed by atoms with Crippen LogP contribution in [-0.2, 0) is 0 Å². The van der Waals surface area contributed by atoms with Gasteiger partial charge >= 0.3 is 0 Å². The molecule has 3 amide bonds. The molecule has 2 aliphatic rings. The maximum Gasteiger partial charge on any atom is 0.261 e. The van der Waals surface area contributed by atoms with Crippen LogP contribution in [0.15, 0.2) is 18.2 Å². The van der Waals surface area contributed by atoms with Crippen molar-refractivity contribution in [1.29, 1.82) is 0 Å². The molecule has 2 unspecified atom stereocenters. The Morgan fingerprint density at radius 3 is 2.60 bits per heavy atom. The fraction of sp³-hybridized carbons (Fsp3) is 0.550. The number of amides is 3. The minimum absolute atomic E-state index is 0.159. The number of hydrogen-bond acceptors (Lipinski definition) is 3. The molecule has 5 nitrogen and oxygen atoms in total. The van der Waals surface area contributed by atoms with Crippen molar-refractivity contribution < 1.29 is 14.4 Å². The van der Waals surface area contributed by atoms with Gasteiger partial charge in [-0.15, -0.1) is 0 Å². The van der Waals surface area contributed by atoms with E-state index < -0.39 is 0 Å². The Morgan fingerprint density at radius 1 is 1.16 bits per heavy atom. The number of carbonyl (C=O) groups excluding carboxylic acids is 3.